The SMILES string of the molecule is Nc1ccc(Cl)cc1-c1nc(C2CC3CCC2C3)no1. The van der Waals surface area contributed by atoms with Crippen molar-refractivity contribution in [1.29, 1.82) is 0 Å². The van der Waals surface area contributed by atoms with Crippen LogP contribution in [0.15, 0.2) is 22.7 Å². The lowest BCUT2D eigenvalue weighted by molar-refractivity contribution is 0.372. The van der Waals surface area contributed by atoms with Gasteiger partial charge in [-0.25, -0.2) is 0 Å². The summed E-state index contributed by atoms with van der Waals surface area (Å²) in [7, 11) is 0. The van der Waals surface area contributed by atoms with Gasteiger partial charge in [-0.05, 0) is 49.3 Å². The molecule has 0 radical (unpaired) electrons. The molecule has 0 aliphatic heterocycles. The number of halogens is 1. The molecule has 2 aliphatic rings. The van der Waals surface area contributed by atoms with E-state index in [1.165, 1.54) is 25.7 Å². The summed E-state index contributed by atoms with van der Waals surface area (Å²) in [6.45, 7) is 0. The van der Waals surface area contributed by atoms with Crippen LogP contribution >= 0.6 is 11.6 Å². The first-order valence-corrected chi connectivity index (χ1v) is 7.47. The Morgan fingerprint density at radius 3 is 2.90 bits per heavy atom. The molecule has 1 heterocycles. The van der Waals surface area contributed by atoms with Crippen molar-refractivity contribution < 1.29 is 4.52 Å². The first kappa shape index (κ1) is 12.2. The highest BCUT2D eigenvalue weighted by atomic mass is 35.5. The molecular formula is C15H16ClN3O. The fraction of sp³-hybridized carbons (Fsp3) is 0.467. The van der Waals surface area contributed by atoms with Gasteiger partial charge in [0.15, 0.2) is 5.82 Å². The fourth-order valence-corrected chi connectivity index (χ4v) is 3.94. The maximum absolute atomic E-state index is 6.01. The number of hydrogen-bond acceptors (Lipinski definition) is 4. The maximum Gasteiger partial charge on any atom is 0.260 e. The molecular weight excluding hydrogens is 274 g/mol. The average molecular weight is 290 g/mol. The Morgan fingerprint density at radius 2 is 2.15 bits per heavy atom. The zero-order chi connectivity index (χ0) is 13.7. The minimum Gasteiger partial charge on any atom is -0.398 e. The van der Waals surface area contributed by atoms with E-state index in [9.17, 15) is 0 Å². The highest BCUT2D eigenvalue weighted by Crippen LogP contribution is 2.52. The summed E-state index contributed by atoms with van der Waals surface area (Å²) in [6, 6.07) is 5.29. The minimum atomic E-state index is 0.464. The summed E-state index contributed by atoms with van der Waals surface area (Å²) in [5.74, 6) is 3.38. The van der Waals surface area contributed by atoms with Crippen LogP contribution in [-0.4, -0.2) is 10.1 Å². The molecule has 2 fully saturated rings. The molecule has 4 nitrogen and oxygen atoms in total. The van der Waals surface area contributed by atoms with Crippen molar-refractivity contribution in [3.05, 3.63) is 29.0 Å². The van der Waals surface area contributed by atoms with Crippen molar-refractivity contribution in [2.24, 2.45) is 11.8 Å². The van der Waals surface area contributed by atoms with Crippen LogP contribution in [0.25, 0.3) is 11.5 Å². The van der Waals surface area contributed by atoms with Gasteiger partial charge in [0, 0.05) is 16.6 Å². The highest BCUT2D eigenvalue weighted by molar-refractivity contribution is 6.31. The number of rotatable bonds is 2. The van der Waals surface area contributed by atoms with E-state index in [1.54, 1.807) is 18.2 Å². The van der Waals surface area contributed by atoms with E-state index in [1.807, 2.05) is 0 Å². The number of nitrogen functional groups attached to an aromatic ring is 1. The summed E-state index contributed by atoms with van der Waals surface area (Å²) < 4.78 is 5.41. The Morgan fingerprint density at radius 1 is 1.25 bits per heavy atom. The van der Waals surface area contributed by atoms with E-state index in [2.05, 4.69) is 10.1 Å². The molecule has 1 aromatic heterocycles. The molecule has 4 rings (SSSR count). The van der Waals surface area contributed by atoms with Crippen LogP contribution in [0.5, 0.6) is 0 Å². The van der Waals surface area contributed by atoms with Crippen molar-refractivity contribution >= 4 is 17.3 Å². The molecule has 3 atom stereocenters. The molecule has 2 N–H and O–H groups in total. The summed E-state index contributed by atoms with van der Waals surface area (Å²) in [5.41, 5.74) is 7.29. The number of nitrogens with zero attached hydrogens (tertiary/aromatic N) is 2. The highest BCUT2D eigenvalue weighted by Gasteiger charge is 2.42. The Balaban J connectivity index is 1.66. The first-order chi connectivity index (χ1) is 9.70. The molecule has 2 aliphatic carbocycles. The van der Waals surface area contributed by atoms with Crippen LogP contribution in [-0.2, 0) is 0 Å². The molecule has 0 saturated heterocycles. The lowest BCUT2D eigenvalue weighted by atomic mass is 9.88. The topological polar surface area (TPSA) is 64.9 Å². The Kier molecular flexibility index (Phi) is 2.74. The van der Waals surface area contributed by atoms with Gasteiger partial charge in [0.1, 0.15) is 0 Å². The Labute approximate surface area is 122 Å². The van der Waals surface area contributed by atoms with Crippen LogP contribution in [0, 0.1) is 11.8 Å². The van der Waals surface area contributed by atoms with Crippen molar-refractivity contribution in [1.82, 2.24) is 10.1 Å². The van der Waals surface area contributed by atoms with Gasteiger partial charge >= 0.3 is 0 Å². The Hall–Kier alpha value is -1.55. The summed E-state index contributed by atoms with van der Waals surface area (Å²) in [6.07, 6.45) is 5.20. The third-order valence-electron chi connectivity index (χ3n) is 4.76. The van der Waals surface area contributed by atoms with E-state index >= 15 is 0 Å². The van der Waals surface area contributed by atoms with Crippen LogP contribution in [0.1, 0.15) is 37.4 Å². The maximum atomic E-state index is 6.01. The predicted molar refractivity (Wildman–Crippen MR) is 77.3 cm³/mol. The molecule has 2 bridgehead atoms. The van der Waals surface area contributed by atoms with Gasteiger partial charge in [0.2, 0.25) is 0 Å². The first-order valence-electron chi connectivity index (χ1n) is 7.09. The number of hydrogen-bond donors (Lipinski definition) is 1. The third-order valence-corrected chi connectivity index (χ3v) is 4.99. The molecule has 3 unspecified atom stereocenters. The summed E-state index contributed by atoms with van der Waals surface area (Å²) >= 11 is 6.01. The quantitative estimate of drug-likeness (QED) is 0.852. The van der Waals surface area contributed by atoms with E-state index in [-0.39, 0.29) is 0 Å². The monoisotopic (exact) mass is 289 g/mol. The molecule has 1 aromatic carbocycles. The number of aromatic nitrogens is 2. The van der Waals surface area contributed by atoms with Crippen LogP contribution in [0.3, 0.4) is 0 Å². The zero-order valence-corrected chi connectivity index (χ0v) is 11.8. The third kappa shape index (κ3) is 1.90. The number of fused-ring (bicyclic) bond motifs is 2. The van der Waals surface area contributed by atoms with Crippen molar-refractivity contribution in [2.45, 2.75) is 31.6 Å². The molecule has 2 aromatic rings. The van der Waals surface area contributed by atoms with Crippen LogP contribution in [0.2, 0.25) is 5.02 Å². The molecule has 20 heavy (non-hydrogen) atoms. The largest absolute Gasteiger partial charge is 0.398 e. The Bertz CT molecular complexity index is 654. The average Bonchev–Trinajstić information content (AvgIpc) is 3.15. The standard InChI is InChI=1S/C15H16ClN3O/c16-10-3-4-13(17)12(7-10)15-18-14(19-20-15)11-6-8-1-2-9(11)5-8/h3-4,7-9,11H,1-2,5-6,17H2. The fourth-order valence-electron chi connectivity index (χ4n) is 3.77. The van der Waals surface area contributed by atoms with E-state index in [4.69, 9.17) is 21.9 Å². The second-order valence-corrected chi connectivity index (χ2v) is 6.41. The number of benzene rings is 1. The zero-order valence-electron chi connectivity index (χ0n) is 11.1. The van der Waals surface area contributed by atoms with Crippen molar-refractivity contribution in [3.63, 3.8) is 0 Å². The molecule has 0 spiro atoms. The van der Waals surface area contributed by atoms with Gasteiger partial charge in [-0.2, -0.15) is 4.98 Å². The smallest absolute Gasteiger partial charge is 0.260 e. The normalized spacial score (nSPS) is 28.1. The molecule has 104 valence electrons. The van der Waals surface area contributed by atoms with Crippen LogP contribution < -0.4 is 5.73 Å². The van der Waals surface area contributed by atoms with E-state index < -0.39 is 0 Å². The van der Waals surface area contributed by atoms with Gasteiger partial charge in [0.05, 0.1) is 5.56 Å². The predicted octanol–water partition coefficient (Wildman–Crippen LogP) is 3.88. The second-order valence-electron chi connectivity index (χ2n) is 5.97. The van der Waals surface area contributed by atoms with Gasteiger partial charge in [0.25, 0.3) is 5.89 Å². The second kappa shape index (κ2) is 4.48. The molecule has 0 amide bonds. The van der Waals surface area contributed by atoms with Crippen LogP contribution in [0.4, 0.5) is 5.69 Å². The minimum absolute atomic E-state index is 0.464. The summed E-state index contributed by atoms with van der Waals surface area (Å²) in [5, 5.41) is 4.80. The van der Waals surface area contributed by atoms with Crippen molar-refractivity contribution in [3.8, 4) is 11.5 Å². The number of anilines is 1. The summed E-state index contributed by atoms with van der Waals surface area (Å²) in [4.78, 5) is 4.57. The lowest BCUT2D eigenvalue weighted by Gasteiger charge is -2.17. The molecule has 2 saturated carbocycles. The van der Waals surface area contributed by atoms with Gasteiger partial charge < -0.3 is 10.3 Å². The van der Waals surface area contributed by atoms with Gasteiger partial charge in [-0.1, -0.05) is 23.2 Å². The molecule has 5 heteroatoms. The van der Waals surface area contributed by atoms with Crippen molar-refractivity contribution in [2.75, 3.05) is 5.73 Å². The number of nitrogens with two attached hydrogens (primary N) is 1. The van der Waals surface area contributed by atoms with Gasteiger partial charge in [-0.15, -0.1) is 0 Å². The van der Waals surface area contributed by atoms with E-state index in [0.29, 0.717) is 22.5 Å². The van der Waals surface area contributed by atoms with Gasteiger partial charge in [-0.3, -0.25) is 0 Å². The lowest BCUT2D eigenvalue weighted by Crippen LogP contribution is -2.09. The van der Waals surface area contributed by atoms with E-state index in [0.717, 1.165) is 23.2 Å².